The molecule has 0 bridgehead atoms. The van der Waals surface area contributed by atoms with Gasteiger partial charge in [0, 0.05) is 17.5 Å². The maximum Gasteiger partial charge on any atom is 0.336 e. The third kappa shape index (κ3) is 5.50. The molecule has 0 saturated heterocycles. The summed E-state index contributed by atoms with van der Waals surface area (Å²) in [5, 5.41) is 3.45. The molecule has 0 unspecified atom stereocenters. The molecule has 0 spiro atoms. The topological polar surface area (TPSA) is 94.8 Å². The Bertz CT molecular complexity index is 878. The van der Waals surface area contributed by atoms with Gasteiger partial charge in [0.05, 0.1) is 7.11 Å². The number of carbonyl (C=O) groups is 2. The number of carbonyl (C=O) groups excluding carboxylic acids is 2. The van der Waals surface area contributed by atoms with Crippen molar-refractivity contribution in [1.29, 1.82) is 0 Å². The summed E-state index contributed by atoms with van der Waals surface area (Å²) in [6.07, 6.45) is 1.54. The highest BCUT2D eigenvalue weighted by atomic mass is 32.2. The number of methoxy groups -OCH3 is 1. The van der Waals surface area contributed by atoms with Gasteiger partial charge in [0.2, 0.25) is 0 Å². The van der Waals surface area contributed by atoms with Crippen molar-refractivity contribution < 1.29 is 23.5 Å². The van der Waals surface area contributed by atoms with E-state index in [0.29, 0.717) is 23.5 Å². The highest BCUT2D eigenvalue weighted by Gasteiger charge is 2.24. The fraction of sp³-hybridized carbons (Fsp3) is 0.421. The first kappa shape index (κ1) is 20.8. The standard InChI is InChI=1S/C19H23NO6S/c1-11-9-17(21)26-16-10-13(5-6-14(11)16)25-12(2)18(22)20-15(7-8-27-4)19(23)24-3/h5-6,9-10,12,15H,7-8H2,1-4H3,(H,20,22)/t12-,15+/m1/s1. The van der Waals surface area contributed by atoms with E-state index in [2.05, 4.69) is 5.32 Å². The van der Waals surface area contributed by atoms with Gasteiger partial charge in [-0.3, -0.25) is 4.79 Å². The van der Waals surface area contributed by atoms with Crippen molar-refractivity contribution >= 4 is 34.6 Å². The predicted molar refractivity (Wildman–Crippen MR) is 104 cm³/mol. The monoisotopic (exact) mass is 393 g/mol. The van der Waals surface area contributed by atoms with Gasteiger partial charge in [-0.2, -0.15) is 11.8 Å². The van der Waals surface area contributed by atoms with E-state index >= 15 is 0 Å². The van der Waals surface area contributed by atoms with Crippen LogP contribution in [0.25, 0.3) is 11.0 Å². The minimum Gasteiger partial charge on any atom is -0.481 e. The number of fused-ring (bicyclic) bond motifs is 1. The largest absolute Gasteiger partial charge is 0.481 e. The molecule has 0 radical (unpaired) electrons. The van der Waals surface area contributed by atoms with Crippen LogP contribution >= 0.6 is 11.8 Å². The van der Waals surface area contributed by atoms with E-state index in [0.717, 1.165) is 10.9 Å². The zero-order valence-electron chi connectivity index (χ0n) is 15.7. The second-order valence-electron chi connectivity index (χ2n) is 6.03. The summed E-state index contributed by atoms with van der Waals surface area (Å²) in [7, 11) is 1.28. The Balaban J connectivity index is 2.09. The number of benzene rings is 1. The first-order valence-corrected chi connectivity index (χ1v) is 9.83. The SMILES string of the molecule is COC(=O)[C@H](CCSC)NC(=O)[C@@H](C)Oc1ccc2c(C)cc(=O)oc2c1. The van der Waals surface area contributed by atoms with Gasteiger partial charge in [0.1, 0.15) is 17.4 Å². The van der Waals surface area contributed by atoms with Gasteiger partial charge in [-0.1, -0.05) is 0 Å². The zero-order valence-corrected chi connectivity index (χ0v) is 16.6. The Kier molecular flexibility index (Phi) is 7.29. The third-order valence-electron chi connectivity index (χ3n) is 4.02. The van der Waals surface area contributed by atoms with E-state index in [4.69, 9.17) is 13.9 Å². The van der Waals surface area contributed by atoms with Gasteiger partial charge in [-0.25, -0.2) is 9.59 Å². The Hall–Kier alpha value is -2.48. The molecule has 1 amide bonds. The van der Waals surface area contributed by atoms with E-state index in [-0.39, 0.29) is 0 Å². The summed E-state index contributed by atoms with van der Waals surface area (Å²) in [4.78, 5) is 35.7. The van der Waals surface area contributed by atoms with E-state index < -0.39 is 29.6 Å². The van der Waals surface area contributed by atoms with E-state index in [9.17, 15) is 14.4 Å². The normalized spacial score (nSPS) is 13.0. The van der Waals surface area contributed by atoms with Crippen molar-refractivity contribution in [2.75, 3.05) is 19.1 Å². The second-order valence-corrected chi connectivity index (χ2v) is 7.02. The molecule has 146 valence electrons. The summed E-state index contributed by atoms with van der Waals surface area (Å²) in [6, 6.07) is 5.73. The Morgan fingerprint density at radius 2 is 2.04 bits per heavy atom. The van der Waals surface area contributed by atoms with Crippen molar-refractivity contribution in [3.8, 4) is 5.75 Å². The summed E-state index contributed by atoms with van der Waals surface area (Å²) in [5.41, 5.74) is 0.739. The molecule has 1 heterocycles. The molecule has 1 aromatic carbocycles. The van der Waals surface area contributed by atoms with Gasteiger partial charge in [0.25, 0.3) is 5.91 Å². The second kappa shape index (κ2) is 9.45. The van der Waals surface area contributed by atoms with Gasteiger partial charge in [-0.05, 0) is 50.0 Å². The van der Waals surface area contributed by atoms with Crippen LogP contribution in [0.1, 0.15) is 18.9 Å². The smallest absolute Gasteiger partial charge is 0.336 e. The maximum atomic E-state index is 12.4. The van der Waals surface area contributed by atoms with Crippen LogP contribution < -0.4 is 15.7 Å². The fourth-order valence-corrected chi connectivity index (χ4v) is 3.02. The number of aryl methyl sites for hydroxylation is 1. The summed E-state index contributed by atoms with van der Waals surface area (Å²) in [5.74, 6) is 0.167. The van der Waals surface area contributed by atoms with Crippen LogP contribution in [0.2, 0.25) is 0 Å². The average Bonchev–Trinajstić information content (AvgIpc) is 2.63. The molecule has 2 aromatic rings. The molecule has 2 atom stereocenters. The summed E-state index contributed by atoms with van der Waals surface area (Å²) >= 11 is 1.57. The number of thioether (sulfide) groups is 1. The van der Waals surface area contributed by atoms with Crippen molar-refractivity contribution in [2.45, 2.75) is 32.4 Å². The summed E-state index contributed by atoms with van der Waals surface area (Å²) in [6.45, 7) is 3.40. The quantitative estimate of drug-likeness (QED) is 0.543. The van der Waals surface area contributed by atoms with Crippen LogP contribution in [0.15, 0.2) is 33.5 Å². The number of amides is 1. The molecule has 0 saturated carbocycles. The highest BCUT2D eigenvalue weighted by Crippen LogP contribution is 2.23. The van der Waals surface area contributed by atoms with Gasteiger partial charge in [-0.15, -0.1) is 0 Å². The van der Waals surface area contributed by atoms with E-state index in [1.54, 1.807) is 36.9 Å². The minimum absolute atomic E-state index is 0.387. The molecule has 7 nitrogen and oxygen atoms in total. The lowest BCUT2D eigenvalue weighted by molar-refractivity contribution is -0.146. The molecular formula is C19H23NO6S. The number of esters is 1. The molecule has 0 aliphatic heterocycles. The molecule has 8 heteroatoms. The predicted octanol–water partition coefficient (Wildman–Crippen LogP) is 2.28. The number of hydrogen-bond acceptors (Lipinski definition) is 7. The first-order chi connectivity index (χ1) is 12.8. The molecule has 27 heavy (non-hydrogen) atoms. The van der Waals surface area contributed by atoms with Crippen LogP contribution in [-0.2, 0) is 14.3 Å². The van der Waals surface area contributed by atoms with Crippen LogP contribution in [0.4, 0.5) is 0 Å². The molecule has 2 rings (SSSR count). The lowest BCUT2D eigenvalue weighted by Gasteiger charge is -2.20. The molecule has 0 fully saturated rings. The molecule has 1 aromatic heterocycles. The van der Waals surface area contributed by atoms with Crippen LogP contribution in [-0.4, -0.2) is 43.1 Å². The number of rotatable bonds is 8. The van der Waals surface area contributed by atoms with Crippen LogP contribution in [0.3, 0.4) is 0 Å². The van der Waals surface area contributed by atoms with E-state index in [1.165, 1.54) is 13.2 Å². The number of hydrogen-bond donors (Lipinski definition) is 1. The molecular weight excluding hydrogens is 370 g/mol. The van der Waals surface area contributed by atoms with Crippen molar-refractivity contribution in [3.05, 3.63) is 40.2 Å². The van der Waals surface area contributed by atoms with Gasteiger partial charge >= 0.3 is 11.6 Å². The Morgan fingerprint density at radius 1 is 1.30 bits per heavy atom. The molecule has 1 N–H and O–H groups in total. The van der Waals surface area contributed by atoms with Crippen LogP contribution in [0.5, 0.6) is 5.75 Å². The molecule has 0 aliphatic rings. The third-order valence-corrected chi connectivity index (χ3v) is 4.66. The fourth-order valence-electron chi connectivity index (χ4n) is 2.55. The molecule has 0 aliphatic carbocycles. The Morgan fingerprint density at radius 3 is 2.70 bits per heavy atom. The van der Waals surface area contributed by atoms with Crippen LogP contribution in [0, 0.1) is 6.92 Å². The zero-order chi connectivity index (χ0) is 20.0. The van der Waals surface area contributed by atoms with Crippen molar-refractivity contribution in [2.24, 2.45) is 0 Å². The van der Waals surface area contributed by atoms with Crippen molar-refractivity contribution in [1.82, 2.24) is 5.32 Å². The lowest BCUT2D eigenvalue weighted by atomic mass is 10.1. The average molecular weight is 393 g/mol. The first-order valence-electron chi connectivity index (χ1n) is 8.44. The van der Waals surface area contributed by atoms with E-state index in [1.807, 2.05) is 13.2 Å². The maximum absolute atomic E-state index is 12.4. The number of nitrogens with one attached hydrogen (secondary N) is 1. The Labute approximate surface area is 161 Å². The number of ether oxygens (including phenoxy) is 2. The minimum atomic E-state index is -0.847. The van der Waals surface area contributed by atoms with Crippen molar-refractivity contribution in [3.63, 3.8) is 0 Å². The van der Waals surface area contributed by atoms with Gasteiger partial charge in [0.15, 0.2) is 6.10 Å². The van der Waals surface area contributed by atoms with Gasteiger partial charge < -0.3 is 19.2 Å². The lowest BCUT2D eigenvalue weighted by Crippen LogP contribution is -2.47. The summed E-state index contributed by atoms with van der Waals surface area (Å²) < 4.78 is 15.6. The highest BCUT2D eigenvalue weighted by molar-refractivity contribution is 7.98.